The maximum Gasteiger partial charge on any atom is 0.407 e. The molecule has 0 bridgehead atoms. The summed E-state index contributed by atoms with van der Waals surface area (Å²) in [6.07, 6.45) is 1.62. The minimum Gasteiger partial charge on any atom is -0.444 e. The predicted molar refractivity (Wildman–Crippen MR) is 103 cm³/mol. The van der Waals surface area contributed by atoms with Crippen molar-refractivity contribution in [3.05, 3.63) is 35.9 Å². The lowest BCUT2D eigenvalue weighted by Crippen LogP contribution is -2.50. The highest BCUT2D eigenvalue weighted by atomic mass is 16.6. The number of nitrogens with one attached hydrogen (secondary N) is 1. The third-order valence-corrected chi connectivity index (χ3v) is 4.42. The van der Waals surface area contributed by atoms with E-state index in [2.05, 4.69) is 24.4 Å². The van der Waals surface area contributed by atoms with Gasteiger partial charge in [-0.3, -0.25) is 0 Å². The zero-order chi connectivity index (χ0) is 19.0. The lowest BCUT2D eigenvalue weighted by Gasteiger charge is -2.33. The van der Waals surface area contributed by atoms with Crippen LogP contribution in [0.15, 0.2) is 30.3 Å². The van der Waals surface area contributed by atoms with Crippen molar-refractivity contribution < 1.29 is 14.6 Å². The number of aryl methyl sites for hydroxylation is 1. The standard InChI is InChI=1S/C21H35NO3/c1-7-17(14-13-16-11-9-8-10-12-16)19(23)18(15(2)3)22-20(24)25-21(4,5)6/h8-12,15,17-19,23H,7,13-14H2,1-6H3,(H,22,24)/t17-,18-,19-/m0/s1. The van der Waals surface area contributed by atoms with Gasteiger partial charge in [-0.1, -0.05) is 57.5 Å². The van der Waals surface area contributed by atoms with Gasteiger partial charge in [0.2, 0.25) is 0 Å². The van der Waals surface area contributed by atoms with Crippen LogP contribution >= 0.6 is 0 Å². The van der Waals surface area contributed by atoms with E-state index in [0.717, 1.165) is 19.3 Å². The van der Waals surface area contributed by atoms with Crippen molar-refractivity contribution >= 4 is 6.09 Å². The second-order valence-corrected chi connectivity index (χ2v) is 8.10. The van der Waals surface area contributed by atoms with Gasteiger partial charge in [0.15, 0.2) is 0 Å². The van der Waals surface area contributed by atoms with Gasteiger partial charge in [0, 0.05) is 0 Å². The fraction of sp³-hybridized carbons (Fsp3) is 0.667. The van der Waals surface area contributed by atoms with E-state index < -0.39 is 17.8 Å². The Hall–Kier alpha value is -1.55. The van der Waals surface area contributed by atoms with Crippen LogP contribution in [-0.2, 0) is 11.2 Å². The highest BCUT2D eigenvalue weighted by molar-refractivity contribution is 5.68. The lowest BCUT2D eigenvalue weighted by molar-refractivity contribution is 0.0212. The maximum absolute atomic E-state index is 12.1. The molecule has 3 atom stereocenters. The van der Waals surface area contributed by atoms with Crippen molar-refractivity contribution in [1.29, 1.82) is 0 Å². The number of carbonyl (C=O) groups is 1. The molecule has 0 radical (unpaired) electrons. The number of amides is 1. The fourth-order valence-corrected chi connectivity index (χ4v) is 3.00. The third-order valence-electron chi connectivity index (χ3n) is 4.42. The van der Waals surface area contributed by atoms with Gasteiger partial charge in [-0.15, -0.1) is 0 Å². The summed E-state index contributed by atoms with van der Waals surface area (Å²) in [5, 5.41) is 13.8. The Kier molecular flexibility index (Phi) is 8.43. The minimum atomic E-state index is -0.596. The van der Waals surface area contributed by atoms with Gasteiger partial charge in [0.25, 0.3) is 0 Å². The van der Waals surface area contributed by atoms with Crippen molar-refractivity contribution in [2.24, 2.45) is 11.8 Å². The molecule has 0 aliphatic rings. The fourth-order valence-electron chi connectivity index (χ4n) is 3.00. The molecule has 25 heavy (non-hydrogen) atoms. The van der Waals surface area contributed by atoms with Gasteiger partial charge < -0.3 is 15.2 Å². The molecule has 1 aromatic rings. The van der Waals surface area contributed by atoms with Gasteiger partial charge in [-0.05, 0) is 51.0 Å². The zero-order valence-corrected chi connectivity index (χ0v) is 16.6. The number of hydrogen-bond donors (Lipinski definition) is 2. The summed E-state index contributed by atoms with van der Waals surface area (Å²) in [6.45, 7) is 11.6. The van der Waals surface area contributed by atoms with Crippen molar-refractivity contribution in [1.82, 2.24) is 5.32 Å². The van der Waals surface area contributed by atoms with Gasteiger partial charge in [-0.25, -0.2) is 4.79 Å². The molecular weight excluding hydrogens is 314 g/mol. The molecule has 0 unspecified atom stereocenters. The van der Waals surface area contributed by atoms with E-state index in [1.54, 1.807) is 0 Å². The summed E-state index contributed by atoms with van der Waals surface area (Å²) in [5.41, 5.74) is 0.725. The summed E-state index contributed by atoms with van der Waals surface area (Å²) in [7, 11) is 0. The van der Waals surface area contributed by atoms with Crippen molar-refractivity contribution in [2.75, 3.05) is 0 Å². The second kappa shape index (κ2) is 9.81. The summed E-state index contributed by atoms with van der Waals surface area (Å²) in [4.78, 5) is 12.1. The molecule has 1 amide bonds. The zero-order valence-electron chi connectivity index (χ0n) is 16.6. The molecule has 0 spiro atoms. The van der Waals surface area contributed by atoms with Crippen LogP contribution in [0, 0.1) is 11.8 Å². The average molecular weight is 350 g/mol. The van der Waals surface area contributed by atoms with E-state index in [1.807, 2.05) is 52.8 Å². The average Bonchev–Trinajstić information content (AvgIpc) is 2.52. The van der Waals surface area contributed by atoms with E-state index in [0.29, 0.717) is 0 Å². The minimum absolute atomic E-state index is 0.119. The van der Waals surface area contributed by atoms with Crippen molar-refractivity contribution in [3.8, 4) is 0 Å². The molecule has 4 nitrogen and oxygen atoms in total. The highest BCUT2D eigenvalue weighted by Crippen LogP contribution is 2.23. The van der Waals surface area contributed by atoms with Crippen LogP contribution in [0.3, 0.4) is 0 Å². The van der Waals surface area contributed by atoms with E-state index in [-0.39, 0.29) is 17.9 Å². The number of aliphatic hydroxyl groups is 1. The van der Waals surface area contributed by atoms with Gasteiger partial charge in [0.05, 0.1) is 12.1 Å². The highest BCUT2D eigenvalue weighted by Gasteiger charge is 2.31. The first-order valence-electron chi connectivity index (χ1n) is 9.35. The third kappa shape index (κ3) is 7.91. The Morgan fingerprint density at radius 1 is 1.20 bits per heavy atom. The van der Waals surface area contributed by atoms with Crippen LogP contribution in [0.5, 0.6) is 0 Å². The Labute approximate surface area is 153 Å². The monoisotopic (exact) mass is 349 g/mol. The normalized spacial score (nSPS) is 15.5. The number of alkyl carbamates (subject to hydrolysis) is 1. The van der Waals surface area contributed by atoms with E-state index in [4.69, 9.17) is 4.74 Å². The topological polar surface area (TPSA) is 58.6 Å². The molecule has 0 saturated carbocycles. The molecule has 2 N–H and O–H groups in total. The smallest absolute Gasteiger partial charge is 0.407 e. The van der Waals surface area contributed by atoms with Gasteiger partial charge >= 0.3 is 6.09 Å². The quantitative estimate of drug-likeness (QED) is 0.723. The van der Waals surface area contributed by atoms with E-state index in [1.165, 1.54) is 5.56 Å². The molecule has 0 aliphatic carbocycles. The van der Waals surface area contributed by atoms with Crippen LogP contribution in [-0.4, -0.2) is 28.9 Å². The predicted octanol–water partition coefficient (Wildman–Crippen LogP) is 4.56. The first kappa shape index (κ1) is 21.5. The van der Waals surface area contributed by atoms with Gasteiger partial charge in [-0.2, -0.15) is 0 Å². The van der Waals surface area contributed by atoms with Crippen LogP contribution in [0.2, 0.25) is 0 Å². The Morgan fingerprint density at radius 2 is 1.80 bits per heavy atom. The SMILES string of the molecule is CC[C@@H](CCc1ccccc1)[C@H](O)[C@@H](NC(=O)OC(C)(C)C)C(C)C. The Morgan fingerprint density at radius 3 is 2.28 bits per heavy atom. The van der Waals surface area contributed by atoms with Crippen molar-refractivity contribution in [3.63, 3.8) is 0 Å². The second-order valence-electron chi connectivity index (χ2n) is 8.10. The molecule has 0 aromatic heterocycles. The summed E-state index contributed by atoms with van der Waals surface area (Å²) >= 11 is 0. The molecule has 0 fully saturated rings. The summed E-state index contributed by atoms with van der Waals surface area (Å²) in [5.74, 6) is 0.246. The molecule has 0 saturated heterocycles. The molecule has 142 valence electrons. The number of hydrogen-bond acceptors (Lipinski definition) is 3. The van der Waals surface area contributed by atoms with Gasteiger partial charge in [0.1, 0.15) is 5.60 Å². The van der Waals surface area contributed by atoms with Crippen molar-refractivity contribution in [2.45, 2.75) is 78.6 Å². The largest absolute Gasteiger partial charge is 0.444 e. The number of benzene rings is 1. The van der Waals surface area contributed by atoms with E-state index >= 15 is 0 Å². The van der Waals surface area contributed by atoms with E-state index in [9.17, 15) is 9.90 Å². The number of ether oxygens (including phenoxy) is 1. The van der Waals surface area contributed by atoms with Crippen LogP contribution in [0.1, 0.15) is 59.9 Å². The molecular formula is C21H35NO3. The molecule has 1 rings (SSSR count). The van der Waals surface area contributed by atoms with Crippen LogP contribution < -0.4 is 5.32 Å². The Bertz CT molecular complexity index is 508. The molecule has 0 heterocycles. The molecule has 0 aliphatic heterocycles. The first-order valence-corrected chi connectivity index (χ1v) is 9.35. The number of aliphatic hydroxyl groups excluding tert-OH is 1. The first-order chi connectivity index (χ1) is 11.6. The Balaban J connectivity index is 2.70. The number of carbonyl (C=O) groups excluding carboxylic acids is 1. The summed E-state index contributed by atoms with van der Waals surface area (Å²) in [6, 6.07) is 9.97. The molecule has 1 aromatic carbocycles. The molecule has 4 heteroatoms. The maximum atomic E-state index is 12.1. The lowest BCUT2D eigenvalue weighted by atomic mass is 9.84. The summed E-state index contributed by atoms with van der Waals surface area (Å²) < 4.78 is 5.35. The number of rotatable bonds is 8. The van der Waals surface area contributed by atoms with Crippen LogP contribution in [0.25, 0.3) is 0 Å². The van der Waals surface area contributed by atoms with Crippen LogP contribution in [0.4, 0.5) is 4.79 Å².